The van der Waals surface area contributed by atoms with Crippen LogP contribution in [0.5, 0.6) is 0 Å². The molecule has 0 aromatic rings. The van der Waals surface area contributed by atoms with Gasteiger partial charge in [0.05, 0.1) is 17.9 Å². The summed E-state index contributed by atoms with van der Waals surface area (Å²) >= 11 is 0. The molecule has 0 aliphatic carbocycles. The Hall–Kier alpha value is -0.960. The standard InChI is InChI=1S/C45H89NO6S/c1-3-5-7-9-11-13-15-17-19-21-23-25-27-29-31-33-35-37-39-43(47)42(41-53(50,51)52)46-45(49)44(48)40-38-36-34-32-30-28-26-24-22-20-18-16-14-12-10-8-6-4-2/h37,39,42-44,47-48H,3-36,38,40-41H2,1-2H3,(H,46,49)(H,50,51,52)/b39-37+. The zero-order valence-electron chi connectivity index (χ0n) is 35.0. The summed E-state index contributed by atoms with van der Waals surface area (Å²) in [5.41, 5.74) is 0. The van der Waals surface area contributed by atoms with Crippen LogP contribution in [0.25, 0.3) is 0 Å². The third kappa shape index (κ3) is 39.1. The number of carbonyl (C=O) groups excluding carboxylic acids is 1. The number of nitrogens with one attached hydrogen (secondary N) is 1. The molecule has 0 aromatic carbocycles. The Morgan fingerprint density at radius 2 is 0.811 bits per heavy atom. The Morgan fingerprint density at radius 3 is 1.13 bits per heavy atom. The first-order valence-corrected chi connectivity index (χ1v) is 24.6. The van der Waals surface area contributed by atoms with Crippen LogP contribution in [0, 0.1) is 0 Å². The quantitative estimate of drug-likeness (QED) is 0.0278. The number of unbranched alkanes of at least 4 members (excludes halogenated alkanes) is 33. The highest BCUT2D eigenvalue weighted by Gasteiger charge is 2.27. The molecular formula is C45H89NO6S. The number of aliphatic hydroxyl groups is 2. The number of carbonyl (C=O) groups is 1. The molecule has 0 saturated carbocycles. The van der Waals surface area contributed by atoms with Crippen LogP contribution in [0.2, 0.25) is 0 Å². The van der Waals surface area contributed by atoms with Crippen molar-refractivity contribution in [2.75, 3.05) is 5.75 Å². The molecule has 0 spiro atoms. The third-order valence-corrected chi connectivity index (χ3v) is 11.6. The first-order chi connectivity index (χ1) is 25.7. The zero-order chi connectivity index (χ0) is 39.1. The zero-order valence-corrected chi connectivity index (χ0v) is 35.8. The van der Waals surface area contributed by atoms with Gasteiger partial charge in [0.2, 0.25) is 5.91 Å². The molecule has 0 radical (unpaired) electrons. The maximum atomic E-state index is 12.6. The number of allylic oxidation sites excluding steroid dienone is 1. The van der Waals surface area contributed by atoms with Crippen molar-refractivity contribution in [1.82, 2.24) is 5.32 Å². The van der Waals surface area contributed by atoms with Crippen LogP contribution >= 0.6 is 0 Å². The fraction of sp³-hybridized carbons (Fsp3) is 0.933. The Labute approximate surface area is 329 Å². The number of aliphatic hydroxyl groups excluding tert-OH is 2. The second-order valence-electron chi connectivity index (χ2n) is 16.2. The lowest BCUT2D eigenvalue weighted by atomic mass is 10.0. The van der Waals surface area contributed by atoms with Crippen LogP contribution in [-0.4, -0.2) is 53.1 Å². The fourth-order valence-electron chi connectivity index (χ4n) is 7.28. The SMILES string of the molecule is CCCCCCCCCCCCCCCCCC/C=C/C(O)C(CS(=O)(=O)O)NC(=O)C(O)CCCCCCCCCCCCCCCCCCCC. The van der Waals surface area contributed by atoms with Crippen molar-refractivity contribution in [3.63, 3.8) is 0 Å². The Morgan fingerprint density at radius 1 is 0.509 bits per heavy atom. The average molecular weight is 772 g/mol. The number of hydrogen-bond donors (Lipinski definition) is 4. The van der Waals surface area contributed by atoms with Crippen LogP contribution in [0.1, 0.15) is 245 Å². The van der Waals surface area contributed by atoms with Crippen LogP contribution in [0.3, 0.4) is 0 Å². The summed E-state index contributed by atoms with van der Waals surface area (Å²) in [5.74, 6) is -1.52. The number of amides is 1. The van der Waals surface area contributed by atoms with Gasteiger partial charge in [-0.3, -0.25) is 9.35 Å². The van der Waals surface area contributed by atoms with Gasteiger partial charge < -0.3 is 15.5 Å². The van der Waals surface area contributed by atoms with Crippen molar-refractivity contribution in [3.05, 3.63) is 12.2 Å². The summed E-state index contributed by atoms with van der Waals surface area (Å²) < 4.78 is 32.6. The van der Waals surface area contributed by atoms with E-state index in [0.29, 0.717) is 6.42 Å². The molecule has 0 heterocycles. The second kappa shape index (κ2) is 39.3. The van der Waals surface area contributed by atoms with Crippen LogP contribution < -0.4 is 5.32 Å². The van der Waals surface area contributed by atoms with Crippen molar-refractivity contribution >= 4 is 16.0 Å². The fourth-order valence-corrected chi connectivity index (χ4v) is 8.02. The maximum absolute atomic E-state index is 12.6. The van der Waals surface area contributed by atoms with Gasteiger partial charge in [0.1, 0.15) is 6.10 Å². The van der Waals surface area contributed by atoms with Gasteiger partial charge in [-0.1, -0.05) is 238 Å². The number of hydrogen-bond acceptors (Lipinski definition) is 5. The van der Waals surface area contributed by atoms with Crippen molar-refractivity contribution in [3.8, 4) is 0 Å². The summed E-state index contributed by atoms with van der Waals surface area (Å²) in [4.78, 5) is 12.6. The molecule has 0 aromatic heterocycles. The highest BCUT2D eigenvalue weighted by Crippen LogP contribution is 2.17. The normalized spacial score (nSPS) is 13.8. The molecule has 3 unspecified atom stereocenters. The van der Waals surface area contributed by atoms with Crippen LogP contribution in [0.15, 0.2) is 12.2 Å². The molecule has 0 bridgehead atoms. The Bertz CT molecular complexity index is 911. The maximum Gasteiger partial charge on any atom is 0.267 e. The van der Waals surface area contributed by atoms with Gasteiger partial charge in [0.25, 0.3) is 10.1 Å². The highest BCUT2D eigenvalue weighted by molar-refractivity contribution is 7.85. The van der Waals surface area contributed by atoms with E-state index in [1.54, 1.807) is 0 Å². The van der Waals surface area contributed by atoms with Gasteiger partial charge in [-0.2, -0.15) is 8.42 Å². The molecule has 316 valence electrons. The van der Waals surface area contributed by atoms with E-state index < -0.39 is 40.0 Å². The molecule has 0 aliphatic heterocycles. The average Bonchev–Trinajstić information content (AvgIpc) is 3.12. The first-order valence-electron chi connectivity index (χ1n) is 23.0. The minimum Gasteiger partial charge on any atom is -0.387 e. The summed E-state index contributed by atoms with van der Waals surface area (Å²) in [6.45, 7) is 4.53. The van der Waals surface area contributed by atoms with Gasteiger partial charge in [-0.05, 0) is 19.3 Å². The largest absolute Gasteiger partial charge is 0.387 e. The third-order valence-electron chi connectivity index (χ3n) is 10.8. The van der Waals surface area contributed by atoms with Gasteiger partial charge in [0, 0.05) is 0 Å². The van der Waals surface area contributed by atoms with Gasteiger partial charge in [0.15, 0.2) is 0 Å². The smallest absolute Gasteiger partial charge is 0.267 e. The van der Waals surface area contributed by atoms with Gasteiger partial charge in [-0.25, -0.2) is 0 Å². The molecular weight excluding hydrogens is 683 g/mol. The summed E-state index contributed by atoms with van der Waals surface area (Å²) in [5, 5.41) is 23.5. The van der Waals surface area contributed by atoms with E-state index in [0.717, 1.165) is 38.5 Å². The molecule has 7 nitrogen and oxygen atoms in total. The monoisotopic (exact) mass is 772 g/mol. The molecule has 0 rings (SSSR count). The molecule has 0 fully saturated rings. The van der Waals surface area contributed by atoms with E-state index in [1.807, 2.05) is 6.08 Å². The lowest BCUT2D eigenvalue weighted by Crippen LogP contribution is -2.50. The van der Waals surface area contributed by atoms with Crippen molar-refractivity contribution in [1.29, 1.82) is 0 Å². The van der Waals surface area contributed by atoms with Crippen molar-refractivity contribution in [2.45, 2.75) is 263 Å². The Balaban J connectivity index is 3.94. The Kier molecular flexibility index (Phi) is 38.6. The predicted octanol–water partition coefficient (Wildman–Crippen LogP) is 12.7. The highest BCUT2D eigenvalue weighted by atomic mass is 32.2. The summed E-state index contributed by atoms with van der Waals surface area (Å²) in [7, 11) is -4.44. The lowest BCUT2D eigenvalue weighted by Gasteiger charge is -2.22. The molecule has 3 atom stereocenters. The molecule has 1 amide bonds. The van der Waals surface area contributed by atoms with Gasteiger partial charge in [-0.15, -0.1) is 0 Å². The number of rotatable bonds is 42. The first kappa shape index (κ1) is 52.0. The lowest BCUT2D eigenvalue weighted by molar-refractivity contribution is -0.130. The van der Waals surface area contributed by atoms with Crippen molar-refractivity contribution in [2.24, 2.45) is 0 Å². The van der Waals surface area contributed by atoms with E-state index in [2.05, 4.69) is 19.2 Å². The second-order valence-corrected chi connectivity index (χ2v) is 17.7. The minimum atomic E-state index is -4.44. The predicted molar refractivity (Wildman–Crippen MR) is 227 cm³/mol. The topological polar surface area (TPSA) is 124 Å². The van der Waals surface area contributed by atoms with E-state index in [1.165, 1.54) is 186 Å². The van der Waals surface area contributed by atoms with E-state index in [-0.39, 0.29) is 6.42 Å². The molecule has 53 heavy (non-hydrogen) atoms. The molecule has 8 heteroatoms. The minimum absolute atomic E-state index is 0.286. The van der Waals surface area contributed by atoms with E-state index in [9.17, 15) is 28.0 Å². The van der Waals surface area contributed by atoms with Crippen molar-refractivity contribution < 1.29 is 28.0 Å². The summed E-state index contributed by atoms with van der Waals surface area (Å²) in [6.07, 6.45) is 45.5. The van der Waals surface area contributed by atoms with Crippen LogP contribution in [0.4, 0.5) is 0 Å². The van der Waals surface area contributed by atoms with Crippen LogP contribution in [-0.2, 0) is 14.9 Å². The molecule has 4 N–H and O–H groups in total. The van der Waals surface area contributed by atoms with E-state index >= 15 is 0 Å². The van der Waals surface area contributed by atoms with Gasteiger partial charge >= 0.3 is 0 Å². The van der Waals surface area contributed by atoms with E-state index in [4.69, 9.17) is 0 Å². The molecule has 0 saturated heterocycles. The molecule has 0 aliphatic rings. The summed E-state index contributed by atoms with van der Waals surface area (Å²) in [6, 6.07) is -1.23.